The quantitative estimate of drug-likeness (QED) is 0.314. The minimum absolute atomic E-state index is 0.754. The summed E-state index contributed by atoms with van der Waals surface area (Å²) in [4.78, 5) is 0. The largest absolute Gasteiger partial charge is 0.428 e. The van der Waals surface area contributed by atoms with Gasteiger partial charge in [0.05, 0.1) is 0 Å². The van der Waals surface area contributed by atoms with Crippen LogP contribution in [0.1, 0.15) is 32.1 Å². The Labute approximate surface area is 85.4 Å². The van der Waals surface area contributed by atoms with E-state index in [0.29, 0.717) is 0 Å². The lowest BCUT2D eigenvalue weighted by Gasteiger charge is -2.11. The van der Waals surface area contributed by atoms with Crippen molar-refractivity contribution in [2.24, 2.45) is 5.92 Å². The van der Waals surface area contributed by atoms with E-state index < -0.39 is 0 Å². The maximum atomic E-state index is 5.14. The van der Waals surface area contributed by atoms with Crippen molar-refractivity contribution in [2.45, 2.75) is 32.1 Å². The number of rotatable bonds is 9. The summed E-state index contributed by atoms with van der Waals surface area (Å²) in [5.74, 6) is 0.754. The Kier molecular flexibility index (Phi) is 9.49. The van der Waals surface area contributed by atoms with E-state index in [1.54, 1.807) is 0 Å². The van der Waals surface area contributed by atoms with Gasteiger partial charge in [0.1, 0.15) is 10.5 Å². The van der Waals surface area contributed by atoms with Crippen LogP contribution in [0.15, 0.2) is 25.3 Å². The molecule has 0 amide bonds. The monoisotopic (exact) mass is 198 g/mol. The first kappa shape index (κ1) is 12.7. The summed E-state index contributed by atoms with van der Waals surface area (Å²) in [5, 5.41) is 0. The summed E-state index contributed by atoms with van der Waals surface area (Å²) in [6.45, 7) is 8.49. The fourth-order valence-electron chi connectivity index (χ4n) is 1.48. The molecule has 0 rings (SSSR count). The number of unbranched alkanes of at least 4 members (excludes halogenated alkanes) is 1. The van der Waals surface area contributed by atoms with E-state index in [4.69, 9.17) is 4.43 Å². The van der Waals surface area contributed by atoms with Crippen LogP contribution in [0.3, 0.4) is 0 Å². The van der Waals surface area contributed by atoms with Crippen molar-refractivity contribution in [1.29, 1.82) is 0 Å². The highest BCUT2D eigenvalue weighted by Gasteiger charge is 2.03. The SMILES string of the molecule is C=CCC(CC=C)CCCCO[SiH3]. The highest BCUT2D eigenvalue weighted by molar-refractivity contribution is 5.97. The average molecular weight is 198 g/mol. The van der Waals surface area contributed by atoms with Crippen LogP contribution in [-0.2, 0) is 4.43 Å². The molecule has 0 fully saturated rings. The Morgan fingerprint density at radius 2 is 1.77 bits per heavy atom. The van der Waals surface area contributed by atoms with Crippen LogP contribution in [0.5, 0.6) is 0 Å². The average Bonchev–Trinajstić information content (AvgIpc) is 2.13. The molecular weight excluding hydrogens is 176 g/mol. The second-order valence-corrected chi connectivity index (χ2v) is 3.98. The molecule has 2 heteroatoms. The molecule has 76 valence electrons. The standard InChI is InChI=1S/C11H22OSi/c1-3-7-11(8-4-2)9-5-6-10-12-13/h3-4,11H,1-2,5-10H2,13H3. The molecular formula is C11H22OSi. The van der Waals surface area contributed by atoms with Gasteiger partial charge in [-0.15, -0.1) is 13.2 Å². The summed E-state index contributed by atoms with van der Waals surface area (Å²) < 4.78 is 5.14. The van der Waals surface area contributed by atoms with Gasteiger partial charge in [0.2, 0.25) is 0 Å². The van der Waals surface area contributed by atoms with Crippen LogP contribution in [-0.4, -0.2) is 17.1 Å². The van der Waals surface area contributed by atoms with Gasteiger partial charge in [0.25, 0.3) is 0 Å². The van der Waals surface area contributed by atoms with E-state index in [-0.39, 0.29) is 0 Å². The molecule has 0 atom stereocenters. The van der Waals surface area contributed by atoms with Crippen LogP contribution in [0.2, 0.25) is 0 Å². The van der Waals surface area contributed by atoms with Gasteiger partial charge >= 0.3 is 0 Å². The third-order valence-electron chi connectivity index (χ3n) is 2.21. The minimum Gasteiger partial charge on any atom is -0.428 e. The maximum Gasteiger partial charge on any atom is 0.145 e. The molecule has 0 aliphatic heterocycles. The first-order valence-corrected chi connectivity index (χ1v) is 5.87. The molecule has 0 saturated heterocycles. The molecule has 0 unspecified atom stereocenters. The Balaban J connectivity index is 3.43. The second kappa shape index (κ2) is 9.74. The zero-order valence-corrected chi connectivity index (χ0v) is 10.8. The molecule has 13 heavy (non-hydrogen) atoms. The van der Waals surface area contributed by atoms with Gasteiger partial charge in [0.15, 0.2) is 0 Å². The normalized spacial score (nSPS) is 10.5. The molecule has 0 aliphatic rings. The molecule has 0 saturated carbocycles. The van der Waals surface area contributed by atoms with Gasteiger partial charge in [0, 0.05) is 6.61 Å². The maximum absolute atomic E-state index is 5.14. The van der Waals surface area contributed by atoms with Crippen molar-refractivity contribution in [3.63, 3.8) is 0 Å². The highest BCUT2D eigenvalue weighted by atomic mass is 28.2. The third-order valence-corrected chi connectivity index (χ3v) is 2.62. The Bertz CT molecular complexity index is 124. The minimum atomic E-state index is 0.754. The summed E-state index contributed by atoms with van der Waals surface area (Å²) in [6, 6.07) is 0. The van der Waals surface area contributed by atoms with Gasteiger partial charge in [-0.25, -0.2) is 0 Å². The Hall–Kier alpha value is -0.343. The van der Waals surface area contributed by atoms with Crippen molar-refractivity contribution in [3.8, 4) is 0 Å². The first-order valence-electron chi connectivity index (χ1n) is 5.05. The van der Waals surface area contributed by atoms with Gasteiger partial charge in [-0.2, -0.15) is 0 Å². The fraction of sp³-hybridized carbons (Fsp3) is 0.636. The van der Waals surface area contributed by atoms with E-state index in [9.17, 15) is 0 Å². The van der Waals surface area contributed by atoms with Crippen LogP contribution < -0.4 is 0 Å². The van der Waals surface area contributed by atoms with Gasteiger partial charge in [-0.1, -0.05) is 18.6 Å². The lowest BCUT2D eigenvalue weighted by atomic mass is 9.95. The Morgan fingerprint density at radius 3 is 2.23 bits per heavy atom. The van der Waals surface area contributed by atoms with Gasteiger partial charge in [-0.05, 0) is 31.6 Å². The van der Waals surface area contributed by atoms with E-state index in [2.05, 4.69) is 13.2 Å². The van der Waals surface area contributed by atoms with Crippen LogP contribution in [0.25, 0.3) is 0 Å². The van der Waals surface area contributed by atoms with E-state index in [0.717, 1.165) is 35.9 Å². The van der Waals surface area contributed by atoms with Crippen molar-refractivity contribution < 1.29 is 4.43 Å². The topological polar surface area (TPSA) is 9.23 Å². The predicted octanol–water partition coefficient (Wildman–Crippen LogP) is 2.22. The second-order valence-electron chi connectivity index (χ2n) is 3.40. The summed E-state index contributed by atoms with van der Waals surface area (Å²) in [5.41, 5.74) is 0. The fourth-order valence-corrected chi connectivity index (χ4v) is 1.77. The van der Waals surface area contributed by atoms with Crippen LogP contribution in [0.4, 0.5) is 0 Å². The molecule has 1 nitrogen and oxygen atoms in total. The molecule has 0 N–H and O–H groups in total. The van der Waals surface area contributed by atoms with Crippen molar-refractivity contribution in [2.75, 3.05) is 6.61 Å². The van der Waals surface area contributed by atoms with Crippen molar-refractivity contribution in [3.05, 3.63) is 25.3 Å². The molecule has 0 spiro atoms. The van der Waals surface area contributed by atoms with Crippen molar-refractivity contribution >= 4 is 10.5 Å². The van der Waals surface area contributed by atoms with E-state index in [1.165, 1.54) is 19.3 Å². The molecule has 0 heterocycles. The first-order chi connectivity index (χ1) is 6.35. The summed E-state index contributed by atoms with van der Waals surface area (Å²) in [7, 11) is 0.873. The molecule has 0 aromatic heterocycles. The number of allylic oxidation sites excluding steroid dienone is 2. The van der Waals surface area contributed by atoms with E-state index in [1.807, 2.05) is 12.2 Å². The van der Waals surface area contributed by atoms with Crippen molar-refractivity contribution in [1.82, 2.24) is 0 Å². The zero-order chi connectivity index (χ0) is 9.94. The van der Waals surface area contributed by atoms with Crippen LogP contribution >= 0.6 is 0 Å². The number of hydrogen-bond donors (Lipinski definition) is 0. The molecule has 0 bridgehead atoms. The third kappa shape index (κ3) is 8.00. The van der Waals surface area contributed by atoms with Crippen LogP contribution in [0, 0.1) is 5.92 Å². The van der Waals surface area contributed by atoms with Gasteiger partial charge < -0.3 is 4.43 Å². The Morgan fingerprint density at radius 1 is 1.15 bits per heavy atom. The zero-order valence-electron chi connectivity index (χ0n) is 8.80. The molecule has 0 aromatic carbocycles. The number of hydrogen-bond acceptors (Lipinski definition) is 1. The smallest absolute Gasteiger partial charge is 0.145 e. The lowest BCUT2D eigenvalue weighted by molar-refractivity contribution is 0.325. The summed E-state index contributed by atoms with van der Waals surface area (Å²) >= 11 is 0. The van der Waals surface area contributed by atoms with E-state index >= 15 is 0 Å². The van der Waals surface area contributed by atoms with Gasteiger partial charge in [-0.3, -0.25) is 0 Å². The molecule has 0 radical (unpaired) electrons. The summed E-state index contributed by atoms with van der Waals surface area (Å²) in [6.07, 6.45) is 10.0. The predicted molar refractivity (Wildman–Crippen MR) is 62.9 cm³/mol. The lowest BCUT2D eigenvalue weighted by Crippen LogP contribution is -1.99. The molecule has 0 aliphatic carbocycles. The highest BCUT2D eigenvalue weighted by Crippen LogP contribution is 2.17. The molecule has 0 aromatic rings.